The number of aromatic amines is 1. The van der Waals surface area contributed by atoms with Crippen LogP contribution in [0, 0.1) is 5.41 Å². The Morgan fingerprint density at radius 2 is 2.13 bits per heavy atom. The summed E-state index contributed by atoms with van der Waals surface area (Å²) in [5.41, 5.74) is 0.00532. The van der Waals surface area contributed by atoms with Gasteiger partial charge in [0.1, 0.15) is 16.7 Å². The van der Waals surface area contributed by atoms with E-state index in [2.05, 4.69) is 20.5 Å². The average molecular weight is 322 g/mol. The van der Waals surface area contributed by atoms with Crippen molar-refractivity contribution in [2.75, 3.05) is 5.32 Å². The Morgan fingerprint density at radius 1 is 1.35 bits per heavy atom. The van der Waals surface area contributed by atoms with Crippen molar-refractivity contribution in [1.29, 1.82) is 5.41 Å². The van der Waals surface area contributed by atoms with Crippen LogP contribution in [0.5, 0.6) is 0 Å². The molecule has 2 aromatic heterocycles. The fourth-order valence-electron chi connectivity index (χ4n) is 2.22. The quantitative estimate of drug-likeness (QED) is 0.693. The van der Waals surface area contributed by atoms with E-state index in [-0.39, 0.29) is 11.2 Å². The highest BCUT2D eigenvalue weighted by atomic mass is 19.4. The number of nitrogens with zero attached hydrogens (tertiary/aromatic N) is 3. The van der Waals surface area contributed by atoms with Gasteiger partial charge < -0.3 is 9.88 Å². The molecule has 3 N–H and O–H groups in total. The number of aromatic nitrogens is 4. The first kappa shape index (κ1) is 15.1. The van der Waals surface area contributed by atoms with Crippen molar-refractivity contribution in [3.63, 3.8) is 0 Å². The number of anilines is 2. The highest BCUT2D eigenvalue weighted by molar-refractivity contribution is 5.87. The second kappa shape index (κ2) is 5.41. The van der Waals surface area contributed by atoms with Crippen molar-refractivity contribution in [2.45, 2.75) is 19.6 Å². The fraction of sp³-hybridized carbons (Fsp3) is 0.214. The first-order valence-corrected chi connectivity index (χ1v) is 6.82. The molecular weight excluding hydrogens is 309 g/mol. The minimum Gasteiger partial charge on any atom is -0.340 e. The number of aryl methyl sites for hydroxylation is 1. The summed E-state index contributed by atoms with van der Waals surface area (Å²) in [5, 5.41) is 18.1. The lowest BCUT2D eigenvalue weighted by molar-refractivity contribution is -0.137. The molecule has 3 rings (SSSR count). The third-order valence-electron chi connectivity index (χ3n) is 3.39. The van der Waals surface area contributed by atoms with Gasteiger partial charge in [-0.15, -0.1) is 0 Å². The number of halogens is 3. The zero-order valence-corrected chi connectivity index (χ0v) is 12.1. The molecule has 2 heterocycles. The molecule has 0 bridgehead atoms. The Bertz CT molecular complexity index is 909. The Labute approximate surface area is 128 Å². The normalized spacial score (nSPS) is 11.8. The first-order chi connectivity index (χ1) is 10.9. The highest BCUT2D eigenvalue weighted by Crippen LogP contribution is 2.31. The topological polar surface area (TPSA) is 82.4 Å². The summed E-state index contributed by atoms with van der Waals surface area (Å²) in [6.07, 6.45) is -2.92. The Morgan fingerprint density at radius 3 is 2.83 bits per heavy atom. The van der Waals surface area contributed by atoms with Gasteiger partial charge in [0.25, 0.3) is 0 Å². The second-order valence-electron chi connectivity index (χ2n) is 4.88. The Hall–Kier alpha value is -2.84. The summed E-state index contributed by atoms with van der Waals surface area (Å²) in [5.74, 6) is 0.333. The summed E-state index contributed by atoms with van der Waals surface area (Å²) in [6.45, 7) is 2.42. The van der Waals surface area contributed by atoms with Crippen molar-refractivity contribution < 1.29 is 13.2 Å². The number of benzene rings is 1. The average Bonchev–Trinajstić information content (AvgIpc) is 2.91. The van der Waals surface area contributed by atoms with Gasteiger partial charge in [0.05, 0.1) is 11.9 Å². The number of hydrogen-bond donors (Lipinski definition) is 3. The van der Waals surface area contributed by atoms with Gasteiger partial charge in [-0.2, -0.15) is 18.3 Å². The number of fused-ring (bicyclic) bond motifs is 1. The highest BCUT2D eigenvalue weighted by Gasteiger charge is 2.30. The summed E-state index contributed by atoms with van der Waals surface area (Å²) >= 11 is 0. The van der Waals surface area contributed by atoms with Crippen molar-refractivity contribution in [2.24, 2.45) is 0 Å². The van der Waals surface area contributed by atoms with Gasteiger partial charge in [0.2, 0.25) is 0 Å². The van der Waals surface area contributed by atoms with E-state index in [1.807, 2.05) is 6.92 Å². The molecule has 0 aliphatic carbocycles. The lowest BCUT2D eigenvalue weighted by Crippen LogP contribution is -2.19. The number of nitrogens with one attached hydrogen (secondary N) is 3. The van der Waals surface area contributed by atoms with Crippen molar-refractivity contribution >= 4 is 22.5 Å². The largest absolute Gasteiger partial charge is 0.416 e. The number of rotatable bonds is 3. The van der Waals surface area contributed by atoms with Crippen LogP contribution in [-0.4, -0.2) is 19.7 Å². The van der Waals surface area contributed by atoms with Crippen molar-refractivity contribution in [1.82, 2.24) is 19.7 Å². The molecule has 120 valence electrons. The Kier molecular flexibility index (Phi) is 3.55. The van der Waals surface area contributed by atoms with Crippen LogP contribution < -0.4 is 10.8 Å². The smallest absolute Gasteiger partial charge is 0.340 e. The zero-order valence-electron chi connectivity index (χ0n) is 12.1. The van der Waals surface area contributed by atoms with E-state index in [4.69, 9.17) is 5.41 Å². The van der Waals surface area contributed by atoms with E-state index in [1.165, 1.54) is 18.5 Å². The van der Waals surface area contributed by atoms with Crippen LogP contribution in [0.3, 0.4) is 0 Å². The van der Waals surface area contributed by atoms with Crippen molar-refractivity contribution in [3.05, 3.63) is 41.6 Å². The predicted molar refractivity (Wildman–Crippen MR) is 78.1 cm³/mol. The van der Waals surface area contributed by atoms with E-state index in [9.17, 15) is 13.2 Å². The van der Waals surface area contributed by atoms with Gasteiger partial charge in [0.15, 0.2) is 5.65 Å². The zero-order chi connectivity index (χ0) is 16.6. The van der Waals surface area contributed by atoms with E-state index in [0.29, 0.717) is 23.4 Å². The van der Waals surface area contributed by atoms with Crippen LogP contribution in [0.1, 0.15) is 12.5 Å². The predicted octanol–water partition coefficient (Wildman–Crippen LogP) is 3.02. The van der Waals surface area contributed by atoms with Gasteiger partial charge in [-0.05, 0) is 25.1 Å². The van der Waals surface area contributed by atoms with E-state index in [1.54, 1.807) is 4.57 Å². The van der Waals surface area contributed by atoms with E-state index in [0.717, 1.165) is 12.1 Å². The third kappa shape index (κ3) is 2.77. The van der Waals surface area contributed by atoms with Gasteiger partial charge in [-0.1, -0.05) is 6.07 Å². The van der Waals surface area contributed by atoms with Gasteiger partial charge in [-0.25, -0.2) is 4.98 Å². The summed E-state index contributed by atoms with van der Waals surface area (Å²) in [4.78, 5) is 4.11. The molecular formula is C14H13F3N6. The van der Waals surface area contributed by atoms with Crippen LogP contribution in [0.25, 0.3) is 11.0 Å². The summed E-state index contributed by atoms with van der Waals surface area (Å²) < 4.78 is 39.9. The lowest BCUT2D eigenvalue weighted by Gasteiger charge is -2.10. The van der Waals surface area contributed by atoms with Crippen LogP contribution in [-0.2, 0) is 12.7 Å². The molecule has 0 unspecified atom stereocenters. The number of alkyl halides is 3. The SMILES string of the molecule is CCn1cnc2n[nH]c(Nc3cccc(C(F)(F)F)c3)c2c1=N. The monoisotopic (exact) mass is 322 g/mol. The fourth-order valence-corrected chi connectivity index (χ4v) is 2.22. The van der Waals surface area contributed by atoms with E-state index < -0.39 is 11.7 Å². The summed E-state index contributed by atoms with van der Waals surface area (Å²) in [6, 6.07) is 4.82. The molecule has 0 aliphatic heterocycles. The van der Waals surface area contributed by atoms with Gasteiger partial charge in [0, 0.05) is 12.2 Å². The molecule has 0 spiro atoms. The maximum atomic E-state index is 12.8. The molecule has 0 saturated heterocycles. The molecule has 0 radical (unpaired) electrons. The molecule has 0 amide bonds. The molecule has 0 saturated carbocycles. The molecule has 3 aromatic rings. The van der Waals surface area contributed by atoms with Crippen LogP contribution in [0.2, 0.25) is 0 Å². The number of hydrogen-bond acceptors (Lipinski definition) is 4. The minimum atomic E-state index is -4.42. The Balaban J connectivity index is 2.04. The molecule has 0 aliphatic rings. The van der Waals surface area contributed by atoms with Gasteiger partial charge in [-0.3, -0.25) is 10.5 Å². The standard InChI is InChI=1S/C14H13F3N6/c1-2-23-7-19-12-10(11(23)18)13(22-21-12)20-9-5-3-4-8(6-9)14(15,16)17/h3-7,18H,2H2,1H3,(H2,20,21,22). The van der Waals surface area contributed by atoms with Crippen LogP contribution >= 0.6 is 0 Å². The van der Waals surface area contributed by atoms with Crippen LogP contribution in [0.4, 0.5) is 24.7 Å². The molecule has 0 fully saturated rings. The summed E-state index contributed by atoms with van der Waals surface area (Å²) in [7, 11) is 0. The molecule has 1 aromatic carbocycles. The lowest BCUT2D eigenvalue weighted by atomic mass is 10.2. The number of H-pyrrole nitrogens is 1. The van der Waals surface area contributed by atoms with Crippen molar-refractivity contribution in [3.8, 4) is 0 Å². The van der Waals surface area contributed by atoms with E-state index >= 15 is 0 Å². The molecule has 23 heavy (non-hydrogen) atoms. The molecule has 6 nitrogen and oxygen atoms in total. The second-order valence-corrected chi connectivity index (χ2v) is 4.88. The van der Waals surface area contributed by atoms with Crippen LogP contribution in [0.15, 0.2) is 30.6 Å². The molecule has 9 heteroatoms. The third-order valence-corrected chi connectivity index (χ3v) is 3.39. The maximum Gasteiger partial charge on any atom is 0.416 e. The first-order valence-electron chi connectivity index (χ1n) is 6.82. The minimum absolute atomic E-state index is 0.181. The van der Waals surface area contributed by atoms with Gasteiger partial charge >= 0.3 is 6.18 Å². The maximum absolute atomic E-state index is 12.8. The molecule has 0 atom stereocenters.